The first kappa shape index (κ1) is 22.9. The fraction of sp³-hybridized carbons (Fsp3) is 0.222. The highest BCUT2D eigenvalue weighted by Gasteiger charge is 2.20. The first-order valence-electron chi connectivity index (χ1n) is 11.6. The number of para-hydroxylation sites is 1. The van der Waals surface area contributed by atoms with Crippen LogP contribution in [0.15, 0.2) is 53.9 Å². The number of nitrogens with zero attached hydrogens (tertiary/aromatic N) is 3. The van der Waals surface area contributed by atoms with Crippen LogP contribution < -0.4 is 10.2 Å². The smallest absolute Gasteiger partial charge is 0.266 e. The van der Waals surface area contributed by atoms with Crippen molar-refractivity contribution in [3.8, 4) is 0 Å². The van der Waals surface area contributed by atoms with Crippen LogP contribution in [-0.4, -0.2) is 53.1 Å². The number of aromatic amines is 1. The number of fused-ring (bicyclic) bond motifs is 1. The van der Waals surface area contributed by atoms with Crippen LogP contribution in [0.25, 0.3) is 23.1 Å². The highest BCUT2D eigenvalue weighted by atomic mass is 32.1. The van der Waals surface area contributed by atoms with Crippen molar-refractivity contribution in [3.05, 3.63) is 75.6 Å². The molecule has 0 atom stereocenters. The lowest BCUT2D eigenvalue weighted by atomic mass is 10.1. The molecule has 0 spiro atoms. The summed E-state index contributed by atoms with van der Waals surface area (Å²) in [4.78, 5) is 29.6. The molecule has 35 heavy (non-hydrogen) atoms. The van der Waals surface area contributed by atoms with Crippen molar-refractivity contribution in [1.29, 1.82) is 0 Å². The molecule has 2 aromatic heterocycles. The van der Waals surface area contributed by atoms with Crippen molar-refractivity contribution in [2.45, 2.75) is 13.8 Å². The molecule has 1 aliphatic rings. The lowest BCUT2D eigenvalue weighted by Gasteiger charge is -2.36. The normalized spacial score (nSPS) is 14.1. The van der Waals surface area contributed by atoms with Crippen molar-refractivity contribution >= 4 is 57.6 Å². The molecule has 0 unspecified atom stereocenters. The summed E-state index contributed by atoms with van der Waals surface area (Å²) >= 11 is 1.44. The molecule has 7 nitrogen and oxygen atoms in total. The third kappa shape index (κ3) is 4.83. The molecule has 1 saturated heterocycles. The molecule has 0 saturated carbocycles. The average molecular weight is 486 g/mol. The van der Waals surface area contributed by atoms with Gasteiger partial charge in [0.15, 0.2) is 0 Å². The predicted octanol–water partition coefficient (Wildman–Crippen LogP) is 5.02. The molecule has 5 rings (SSSR count). The third-order valence-electron chi connectivity index (χ3n) is 6.36. The minimum atomic E-state index is -0.115. The summed E-state index contributed by atoms with van der Waals surface area (Å²) in [5.74, 6) is -0.00814. The predicted molar refractivity (Wildman–Crippen MR) is 143 cm³/mol. The second-order valence-corrected chi connectivity index (χ2v) is 9.56. The monoisotopic (exact) mass is 485 g/mol. The summed E-state index contributed by atoms with van der Waals surface area (Å²) in [6, 6.07) is 16.1. The van der Waals surface area contributed by atoms with Gasteiger partial charge in [-0.05, 0) is 53.8 Å². The number of carbonyl (C=O) groups is 2. The van der Waals surface area contributed by atoms with Gasteiger partial charge >= 0.3 is 0 Å². The number of anilines is 2. The Balaban J connectivity index is 1.45. The Hall–Kier alpha value is -3.91. The average Bonchev–Trinajstić information content (AvgIpc) is 3.49. The number of H-pyrrole nitrogens is 1. The van der Waals surface area contributed by atoms with Crippen molar-refractivity contribution in [2.75, 3.05) is 36.4 Å². The topological polar surface area (TPSA) is 81.3 Å². The number of aromatic nitrogens is 2. The largest absolute Gasteiger partial charge is 0.368 e. The Morgan fingerprint density at radius 2 is 1.86 bits per heavy atom. The molecular weight excluding hydrogens is 458 g/mol. The van der Waals surface area contributed by atoms with Gasteiger partial charge in [0.2, 0.25) is 5.91 Å². The first-order chi connectivity index (χ1) is 17.0. The highest BCUT2D eigenvalue weighted by molar-refractivity contribution is 7.12. The van der Waals surface area contributed by atoms with Crippen LogP contribution in [0.5, 0.6) is 0 Å². The van der Waals surface area contributed by atoms with E-state index in [2.05, 4.69) is 26.5 Å². The summed E-state index contributed by atoms with van der Waals surface area (Å²) in [5.41, 5.74) is 5.44. The van der Waals surface area contributed by atoms with Crippen LogP contribution in [0.1, 0.15) is 33.4 Å². The standard InChI is InChI=1S/C27H27N5O2S/c1-18-11-16-35-26(18)27(34)28-25-17-21(32-14-12-31(13-15-32)19(2)33)9-7-20(25)8-10-24-22-5-3-4-6-23(22)29-30-24/h3-11,16-17H,12-15H2,1-2H3,(H,28,34)(H,29,30)/b10-8+. The van der Waals surface area contributed by atoms with E-state index in [0.29, 0.717) is 18.0 Å². The number of nitrogens with one attached hydrogen (secondary N) is 2. The second-order valence-electron chi connectivity index (χ2n) is 8.64. The number of piperazine rings is 1. The van der Waals surface area contributed by atoms with Gasteiger partial charge in [0, 0.05) is 44.2 Å². The molecule has 1 aliphatic heterocycles. The quantitative estimate of drug-likeness (QED) is 0.416. The number of rotatable bonds is 5. The van der Waals surface area contributed by atoms with Gasteiger partial charge in [-0.3, -0.25) is 14.7 Å². The van der Waals surface area contributed by atoms with Gasteiger partial charge in [-0.2, -0.15) is 5.10 Å². The van der Waals surface area contributed by atoms with Gasteiger partial charge in [-0.15, -0.1) is 11.3 Å². The lowest BCUT2D eigenvalue weighted by Crippen LogP contribution is -2.48. The maximum absolute atomic E-state index is 13.1. The van der Waals surface area contributed by atoms with Crippen LogP contribution in [0.4, 0.5) is 11.4 Å². The Morgan fingerprint density at radius 1 is 1.06 bits per heavy atom. The molecule has 178 valence electrons. The molecule has 3 heterocycles. The zero-order valence-electron chi connectivity index (χ0n) is 19.7. The third-order valence-corrected chi connectivity index (χ3v) is 7.38. The highest BCUT2D eigenvalue weighted by Crippen LogP contribution is 2.28. The Morgan fingerprint density at radius 3 is 2.60 bits per heavy atom. The van der Waals surface area contributed by atoms with Crippen LogP contribution in [0, 0.1) is 6.92 Å². The van der Waals surface area contributed by atoms with Crippen LogP contribution >= 0.6 is 11.3 Å². The van der Waals surface area contributed by atoms with E-state index in [1.807, 2.05) is 71.8 Å². The molecule has 2 N–H and O–H groups in total. The maximum Gasteiger partial charge on any atom is 0.266 e. The van der Waals surface area contributed by atoms with Crippen molar-refractivity contribution < 1.29 is 9.59 Å². The number of benzene rings is 2. The second kappa shape index (κ2) is 9.76. The zero-order valence-corrected chi connectivity index (χ0v) is 20.6. The van der Waals surface area contributed by atoms with Crippen LogP contribution in [0.2, 0.25) is 0 Å². The molecule has 2 amide bonds. The molecule has 2 aromatic carbocycles. The minimum Gasteiger partial charge on any atom is -0.368 e. The maximum atomic E-state index is 13.1. The summed E-state index contributed by atoms with van der Waals surface area (Å²) in [7, 11) is 0. The number of hydrogen-bond acceptors (Lipinski definition) is 5. The van der Waals surface area contributed by atoms with E-state index in [9.17, 15) is 9.59 Å². The van der Waals surface area contributed by atoms with Crippen LogP contribution in [0.3, 0.4) is 0 Å². The van der Waals surface area contributed by atoms with Gasteiger partial charge in [0.25, 0.3) is 5.91 Å². The SMILES string of the molecule is CC(=O)N1CCN(c2ccc(/C=C/c3n[nH]c4ccccc34)c(NC(=O)c3sccc3C)c2)CC1. The van der Waals surface area contributed by atoms with E-state index in [1.165, 1.54) is 11.3 Å². The number of aryl methyl sites for hydroxylation is 1. The van der Waals surface area contributed by atoms with Gasteiger partial charge in [0.1, 0.15) is 0 Å². The number of thiophene rings is 1. The Labute approximate surface area is 208 Å². The minimum absolute atomic E-state index is 0.107. The van der Waals surface area contributed by atoms with Gasteiger partial charge < -0.3 is 15.1 Å². The van der Waals surface area contributed by atoms with E-state index in [1.54, 1.807) is 6.92 Å². The summed E-state index contributed by atoms with van der Waals surface area (Å²) in [6.07, 6.45) is 3.95. The van der Waals surface area contributed by atoms with Crippen molar-refractivity contribution in [1.82, 2.24) is 15.1 Å². The van der Waals surface area contributed by atoms with Crippen LogP contribution in [-0.2, 0) is 4.79 Å². The number of carbonyl (C=O) groups excluding carboxylic acids is 2. The summed E-state index contributed by atoms with van der Waals surface area (Å²) < 4.78 is 0. The van der Waals surface area contributed by atoms with Crippen molar-refractivity contribution in [2.24, 2.45) is 0 Å². The molecule has 0 radical (unpaired) electrons. The van der Waals surface area contributed by atoms with Gasteiger partial charge in [0.05, 0.1) is 21.8 Å². The van der Waals surface area contributed by atoms with Gasteiger partial charge in [-0.25, -0.2) is 0 Å². The lowest BCUT2D eigenvalue weighted by molar-refractivity contribution is -0.129. The molecule has 0 bridgehead atoms. The van der Waals surface area contributed by atoms with Crippen molar-refractivity contribution in [3.63, 3.8) is 0 Å². The van der Waals surface area contributed by atoms with E-state index in [0.717, 1.165) is 52.2 Å². The van der Waals surface area contributed by atoms with E-state index >= 15 is 0 Å². The molecule has 0 aliphatic carbocycles. The molecule has 1 fully saturated rings. The number of amides is 2. The Bertz CT molecular complexity index is 1410. The molecule has 8 heteroatoms. The van der Waals surface area contributed by atoms with E-state index in [-0.39, 0.29) is 11.8 Å². The van der Waals surface area contributed by atoms with E-state index in [4.69, 9.17) is 0 Å². The number of hydrogen-bond donors (Lipinski definition) is 2. The first-order valence-corrected chi connectivity index (χ1v) is 12.5. The van der Waals surface area contributed by atoms with Gasteiger partial charge in [-0.1, -0.05) is 30.3 Å². The molecular formula is C27H27N5O2S. The zero-order chi connectivity index (χ0) is 24.4. The Kier molecular flexibility index (Phi) is 6.37. The summed E-state index contributed by atoms with van der Waals surface area (Å²) in [5, 5.41) is 13.6. The fourth-order valence-electron chi connectivity index (χ4n) is 4.34. The van der Waals surface area contributed by atoms with E-state index < -0.39 is 0 Å². The summed E-state index contributed by atoms with van der Waals surface area (Å²) in [6.45, 7) is 6.45. The fourth-order valence-corrected chi connectivity index (χ4v) is 5.16. The molecule has 4 aromatic rings.